The van der Waals surface area contributed by atoms with Crippen LogP contribution in [0.4, 0.5) is 5.13 Å². The predicted octanol–water partition coefficient (Wildman–Crippen LogP) is 2.06. The summed E-state index contributed by atoms with van der Waals surface area (Å²) in [5, 5.41) is 9.48. The van der Waals surface area contributed by atoms with E-state index in [1.54, 1.807) is 11.3 Å². The van der Waals surface area contributed by atoms with E-state index in [0.29, 0.717) is 6.42 Å². The summed E-state index contributed by atoms with van der Waals surface area (Å²) in [5.74, 6) is -0.741. The molecule has 1 rings (SSSR count). The Morgan fingerprint density at radius 3 is 2.67 bits per heavy atom. The third kappa shape index (κ3) is 3.51. The van der Waals surface area contributed by atoms with E-state index in [0.717, 1.165) is 17.4 Å². The first-order valence-corrected chi connectivity index (χ1v) is 5.69. The second-order valence-corrected chi connectivity index (χ2v) is 4.74. The smallest absolute Gasteiger partial charge is 0.303 e. The van der Waals surface area contributed by atoms with Gasteiger partial charge in [-0.2, -0.15) is 0 Å². The molecule has 4 nitrogen and oxygen atoms in total. The van der Waals surface area contributed by atoms with Crippen molar-refractivity contribution in [2.45, 2.75) is 26.7 Å². The van der Waals surface area contributed by atoms with Crippen molar-refractivity contribution < 1.29 is 9.90 Å². The first kappa shape index (κ1) is 12.0. The van der Waals surface area contributed by atoms with Gasteiger partial charge in [-0.05, 0) is 20.3 Å². The molecule has 0 aromatic carbocycles. The number of carboxylic acids is 1. The van der Waals surface area contributed by atoms with Crippen LogP contribution in [0.1, 0.15) is 23.4 Å². The van der Waals surface area contributed by atoms with E-state index in [1.807, 2.05) is 25.8 Å². The zero-order valence-corrected chi connectivity index (χ0v) is 10.1. The van der Waals surface area contributed by atoms with Crippen molar-refractivity contribution in [3.63, 3.8) is 0 Å². The number of hydrogen-bond donors (Lipinski definition) is 1. The van der Waals surface area contributed by atoms with Gasteiger partial charge in [-0.3, -0.25) is 4.79 Å². The minimum Gasteiger partial charge on any atom is -0.481 e. The molecule has 1 N–H and O–H groups in total. The summed E-state index contributed by atoms with van der Waals surface area (Å²) in [6.07, 6.45) is 0.872. The van der Waals surface area contributed by atoms with E-state index in [1.165, 1.54) is 4.88 Å². The number of aliphatic carboxylic acids is 1. The molecule has 0 aliphatic carbocycles. The highest BCUT2D eigenvalue weighted by Crippen LogP contribution is 2.24. The molecule has 0 unspecified atom stereocenters. The topological polar surface area (TPSA) is 53.4 Å². The molecule has 5 heteroatoms. The van der Waals surface area contributed by atoms with Crippen molar-refractivity contribution in [2.24, 2.45) is 0 Å². The van der Waals surface area contributed by atoms with Crippen molar-refractivity contribution >= 4 is 22.4 Å². The fourth-order valence-corrected chi connectivity index (χ4v) is 2.08. The highest BCUT2D eigenvalue weighted by atomic mass is 32.1. The molecule has 1 heterocycles. The molecular formula is C10H16N2O2S. The molecule has 0 bridgehead atoms. The third-order valence-electron chi connectivity index (χ3n) is 2.23. The number of hydrogen-bond acceptors (Lipinski definition) is 4. The van der Waals surface area contributed by atoms with Crippen LogP contribution in [0.2, 0.25) is 0 Å². The molecule has 84 valence electrons. The fourth-order valence-electron chi connectivity index (χ4n) is 1.18. The van der Waals surface area contributed by atoms with E-state index in [-0.39, 0.29) is 6.42 Å². The average Bonchev–Trinajstić information content (AvgIpc) is 2.46. The van der Waals surface area contributed by atoms with Gasteiger partial charge < -0.3 is 10.0 Å². The normalized spacial score (nSPS) is 10.3. The molecule has 1 aromatic heterocycles. The van der Waals surface area contributed by atoms with Gasteiger partial charge in [0.2, 0.25) is 0 Å². The standard InChI is InChI=1S/C10H16N2O2S/c1-7-8(2)15-10(11-7)12(3)6-4-5-9(13)14/h4-6H2,1-3H3,(H,13,14). The molecule has 0 spiro atoms. The lowest BCUT2D eigenvalue weighted by molar-refractivity contribution is -0.137. The Bertz CT molecular complexity index is 330. The van der Waals surface area contributed by atoms with Crippen molar-refractivity contribution in [1.82, 2.24) is 4.98 Å². The van der Waals surface area contributed by atoms with Crippen LogP contribution in [0, 0.1) is 13.8 Å². The van der Waals surface area contributed by atoms with Crippen molar-refractivity contribution in [3.8, 4) is 0 Å². The van der Waals surface area contributed by atoms with Crippen LogP contribution in [-0.2, 0) is 4.79 Å². The second-order valence-electron chi connectivity index (χ2n) is 3.56. The highest BCUT2D eigenvalue weighted by molar-refractivity contribution is 7.15. The van der Waals surface area contributed by atoms with Gasteiger partial charge in [0, 0.05) is 24.9 Å². The number of anilines is 1. The van der Waals surface area contributed by atoms with E-state index >= 15 is 0 Å². The lowest BCUT2D eigenvalue weighted by atomic mass is 10.3. The first-order chi connectivity index (χ1) is 7.00. The summed E-state index contributed by atoms with van der Waals surface area (Å²) < 4.78 is 0. The zero-order valence-electron chi connectivity index (χ0n) is 9.28. The minimum absolute atomic E-state index is 0.216. The quantitative estimate of drug-likeness (QED) is 0.838. The number of aromatic nitrogens is 1. The molecule has 0 fully saturated rings. The van der Waals surface area contributed by atoms with Gasteiger partial charge in [0.15, 0.2) is 5.13 Å². The van der Waals surface area contributed by atoms with Gasteiger partial charge in [-0.1, -0.05) is 0 Å². The van der Waals surface area contributed by atoms with Gasteiger partial charge in [-0.25, -0.2) is 4.98 Å². The number of aryl methyl sites for hydroxylation is 2. The number of carboxylic acid groups (broad SMARTS) is 1. The fraction of sp³-hybridized carbons (Fsp3) is 0.600. The minimum atomic E-state index is -0.741. The van der Waals surface area contributed by atoms with E-state index in [4.69, 9.17) is 5.11 Å². The van der Waals surface area contributed by atoms with Gasteiger partial charge >= 0.3 is 5.97 Å². The van der Waals surface area contributed by atoms with Crippen LogP contribution in [0.15, 0.2) is 0 Å². The number of carbonyl (C=O) groups is 1. The molecule has 0 amide bonds. The van der Waals surface area contributed by atoms with E-state index in [9.17, 15) is 4.79 Å². The number of rotatable bonds is 5. The number of nitrogens with zero attached hydrogens (tertiary/aromatic N) is 2. The Kier molecular flexibility index (Phi) is 4.08. The Hall–Kier alpha value is -1.10. The maximum absolute atomic E-state index is 10.3. The van der Waals surface area contributed by atoms with Crippen LogP contribution in [0.5, 0.6) is 0 Å². The molecule has 0 aliphatic heterocycles. The summed E-state index contributed by atoms with van der Waals surface area (Å²) >= 11 is 1.65. The van der Waals surface area contributed by atoms with Gasteiger partial charge in [0.25, 0.3) is 0 Å². The monoisotopic (exact) mass is 228 g/mol. The summed E-state index contributed by atoms with van der Waals surface area (Å²) in [5.41, 5.74) is 1.06. The van der Waals surface area contributed by atoms with Crippen molar-refractivity contribution in [1.29, 1.82) is 0 Å². The maximum Gasteiger partial charge on any atom is 0.303 e. The zero-order chi connectivity index (χ0) is 11.4. The van der Waals surface area contributed by atoms with Gasteiger partial charge in [0.1, 0.15) is 0 Å². The van der Waals surface area contributed by atoms with Crippen LogP contribution in [0.3, 0.4) is 0 Å². The molecule has 0 saturated heterocycles. The maximum atomic E-state index is 10.3. The Morgan fingerprint density at radius 1 is 1.53 bits per heavy atom. The summed E-state index contributed by atoms with van der Waals surface area (Å²) in [4.78, 5) is 18.0. The molecule has 1 aromatic rings. The van der Waals surface area contributed by atoms with Crippen LogP contribution < -0.4 is 4.90 Å². The highest BCUT2D eigenvalue weighted by Gasteiger charge is 2.08. The summed E-state index contributed by atoms with van der Waals surface area (Å²) in [7, 11) is 1.94. The summed E-state index contributed by atoms with van der Waals surface area (Å²) in [6, 6.07) is 0. The number of thiazole rings is 1. The molecule has 0 atom stereocenters. The molecule has 15 heavy (non-hydrogen) atoms. The van der Waals surface area contributed by atoms with E-state index in [2.05, 4.69) is 4.98 Å². The lowest BCUT2D eigenvalue weighted by Gasteiger charge is -2.14. The van der Waals surface area contributed by atoms with Crippen LogP contribution in [0.25, 0.3) is 0 Å². The van der Waals surface area contributed by atoms with Crippen LogP contribution >= 0.6 is 11.3 Å². The Labute approximate surface area is 93.6 Å². The molecule has 0 radical (unpaired) electrons. The predicted molar refractivity (Wildman–Crippen MR) is 61.7 cm³/mol. The Balaban J connectivity index is 2.46. The lowest BCUT2D eigenvalue weighted by Crippen LogP contribution is -2.19. The van der Waals surface area contributed by atoms with Crippen LogP contribution in [-0.4, -0.2) is 29.7 Å². The first-order valence-electron chi connectivity index (χ1n) is 4.87. The third-order valence-corrected chi connectivity index (χ3v) is 3.42. The van der Waals surface area contributed by atoms with Gasteiger partial charge in [-0.15, -0.1) is 11.3 Å². The summed E-state index contributed by atoms with van der Waals surface area (Å²) in [6.45, 7) is 4.76. The van der Waals surface area contributed by atoms with Crippen molar-refractivity contribution in [2.75, 3.05) is 18.5 Å². The molecule has 0 aliphatic rings. The Morgan fingerprint density at radius 2 is 2.20 bits per heavy atom. The van der Waals surface area contributed by atoms with Crippen molar-refractivity contribution in [3.05, 3.63) is 10.6 Å². The second kappa shape index (κ2) is 5.11. The van der Waals surface area contributed by atoms with Gasteiger partial charge in [0.05, 0.1) is 5.69 Å². The molecular weight excluding hydrogens is 212 g/mol. The largest absolute Gasteiger partial charge is 0.481 e. The molecule has 0 saturated carbocycles. The SMILES string of the molecule is Cc1nc(N(C)CCCC(=O)O)sc1C. The van der Waals surface area contributed by atoms with E-state index < -0.39 is 5.97 Å². The average molecular weight is 228 g/mol.